The molecule has 0 aliphatic rings. The van der Waals surface area contributed by atoms with E-state index in [1.807, 2.05) is 19.1 Å². The van der Waals surface area contributed by atoms with E-state index < -0.39 is 0 Å². The molecule has 1 aromatic heterocycles. The second-order valence-electron chi connectivity index (χ2n) is 4.86. The van der Waals surface area contributed by atoms with Crippen molar-refractivity contribution in [3.63, 3.8) is 0 Å². The summed E-state index contributed by atoms with van der Waals surface area (Å²) in [5, 5.41) is 3.91. The van der Waals surface area contributed by atoms with Crippen LogP contribution in [-0.4, -0.2) is 10.1 Å². The molecule has 4 nitrogen and oxygen atoms in total. The number of aryl methyl sites for hydroxylation is 1. The number of hydrogen-bond acceptors (Lipinski definition) is 4. The summed E-state index contributed by atoms with van der Waals surface area (Å²) < 4.78 is 18.9. The van der Waals surface area contributed by atoms with Crippen molar-refractivity contribution in [2.75, 3.05) is 5.73 Å². The van der Waals surface area contributed by atoms with Crippen molar-refractivity contribution >= 4 is 5.69 Å². The lowest BCUT2D eigenvalue weighted by Crippen LogP contribution is -1.94. The maximum Gasteiger partial charge on any atom is 0.258 e. The molecule has 3 rings (SSSR count). The van der Waals surface area contributed by atoms with Gasteiger partial charge < -0.3 is 10.3 Å². The first-order valence-electron chi connectivity index (χ1n) is 6.56. The Morgan fingerprint density at radius 1 is 1.19 bits per heavy atom. The van der Waals surface area contributed by atoms with Crippen molar-refractivity contribution in [2.24, 2.45) is 0 Å². The maximum absolute atomic E-state index is 13.6. The molecule has 0 amide bonds. The highest BCUT2D eigenvalue weighted by atomic mass is 19.1. The van der Waals surface area contributed by atoms with Gasteiger partial charge >= 0.3 is 0 Å². The number of nitrogens with two attached hydrogens (primary N) is 1. The monoisotopic (exact) mass is 283 g/mol. The van der Waals surface area contributed by atoms with Crippen LogP contribution in [0.5, 0.6) is 0 Å². The fraction of sp³-hybridized carbons (Fsp3) is 0.125. The van der Waals surface area contributed by atoms with Gasteiger partial charge in [-0.05, 0) is 42.3 Å². The summed E-state index contributed by atoms with van der Waals surface area (Å²) in [6.07, 6.45) is 0.296. The minimum absolute atomic E-state index is 0.271. The summed E-state index contributed by atoms with van der Waals surface area (Å²) in [5.74, 6) is 0.595. The third-order valence-electron chi connectivity index (χ3n) is 3.26. The number of hydrogen-bond donors (Lipinski definition) is 1. The van der Waals surface area contributed by atoms with E-state index in [1.165, 1.54) is 6.07 Å². The van der Waals surface area contributed by atoms with Gasteiger partial charge in [-0.15, -0.1) is 0 Å². The molecule has 2 N–H and O–H groups in total. The third-order valence-corrected chi connectivity index (χ3v) is 3.26. The van der Waals surface area contributed by atoms with Gasteiger partial charge in [0.1, 0.15) is 5.82 Å². The van der Waals surface area contributed by atoms with Gasteiger partial charge in [0.05, 0.1) is 0 Å². The standard InChI is InChI=1S/C16H14FN3O/c1-10-8-12(18)6-7-13(10)16-19-15(20-21-16)9-11-4-2-3-5-14(11)17/h2-8H,9,18H2,1H3. The Morgan fingerprint density at radius 3 is 2.76 bits per heavy atom. The second kappa shape index (κ2) is 5.36. The van der Waals surface area contributed by atoms with Crippen molar-refractivity contribution in [3.05, 3.63) is 65.2 Å². The van der Waals surface area contributed by atoms with E-state index in [2.05, 4.69) is 10.1 Å². The molecule has 0 aliphatic heterocycles. The molecule has 0 spiro atoms. The number of nitrogens with zero attached hydrogens (tertiary/aromatic N) is 2. The molecule has 0 saturated carbocycles. The fourth-order valence-corrected chi connectivity index (χ4v) is 2.17. The summed E-state index contributed by atoms with van der Waals surface area (Å²) in [5.41, 5.74) is 8.73. The highest BCUT2D eigenvalue weighted by Gasteiger charge is 2.13. The van der Waals surface area contributed by atoms with Crippen LogP contribution in [-0.2, 0) is 6.42 Å². The van der Waals surface area contributed by atoms with E-state index in [0.29, 0.717) is 29.4 Å². The second-order valence-corrected chi connectivity index (χ2v) is 4.86. The number of anilines is 1. The number of benzene rings is 2. The molecule has 21 heavy (non-hydrogen) atoms. The van der Waals surface area contributed by atoms with Crippen LogP contribution in [0.1, 0.15) is 17.0 Å². The van der Waals surface area contributed by atoms with E-state index in [4.69, 9.17) is 10.3 Å². The normalized spacial score (nSPS) is 10.8. The van der Waals surface area contributed by atoms with E-state index in [1.54, 1.807) is 24.3 Å². The molecule has 5 heteroatoms. The highest BCUT2D eigenvalue weighted by Crippen LogP contribution is 2.24. The first kappa shape index (κ1) is 13.3. The Kier molecular flexibility index (Phi) is 3.39. The first-order chi connectivity index (χ1) is 10.1. The number of nitrogen functional groups attached to an aromatic ring is 1. The zero-order valence-electron chi connectivity index (χ0n) is 11.5. The molecule has 2 aromatic carbocycles. The maximum atomic E-state index is 13.6. The van der Waals surface area contributed by atoms with Gasteiger partial charge in [-0.25, -0.2) is 4.39 Å². The van der Waals surface area contributed by atoms with Crippen LogP contribution < -0.4 is 5.73 Å². The van der Waals surface area contributed by atoms with Gasteiger partial charge in [-0.3, -0.25) is 0 Å². The smallest absolute Gasteiger partial charge is 0.258 e. The van der Waals surface area contributed by atoms with Crippen molar-refractivity contribution < 1.29 is 8.91 Å². The summed E-state index contributed by atoms with van der Waals surface area (Å²) >= 11 is 0. The summed E-state index contributed by atoms with van der Waals surface area (Å²) in [6.45, 7) is 1.92. The molecule has 3 aromatic rings. The molecular weight excluding hydrogens is 269 g/mol. The average Bonchev–Trinajstić information content (AvgIpc) is 2.90. The zero-order chi connectivity index (χ0) is 14.8. The van der Waals surface area contributed by atoms with Gasteiger partial charge in [0.25, 0.3) is 5.89 Å². The molecule has 0 bridgehead atoms. The first-order valence-corrected chi connectivity index (χ1v) is 6.56. The molecule has 0 aliphatic carbocycles. The van der Waals surface area contributed by atoms with Gasteiger partial charge in [-0.1, -0.05) is 23.4 Å². The molecule has 1 heterocycles. The Bertz CT molecular complexity index is 783. The topological polar surface area (TPSA) is 64.9 Å². The summed E-state index contributed by atoms with van der Waals surface area (Å²) in [4.78, 5) is 4.32. The number of halogens is 1. The number of aromatic nitrogens is 2. The Hall–Kier alpha value is -2.69. The van der Waals surface area contributed by atoms with Gasteiger partial charge in [0.2, 0.25) is 0 Å². The average molecular weight is 283 g/mol. The molecule has 0 radical (unpaired) electrons. The van der Waals surface area contributed by atoms with Crippen molar-refractivity contribution in [1.82, 2.24) is 10.1 Å². The van der Waals surface area contributed by atoms with E-state index in [9.17, 15) is 4.39 Å². The van der Waals surface area contributed by atoms with Crippen molar-refractivity contribution in [3.8, 4) is 11.5 Å². The van der Waals surface area contributed by atoms with E-state index in [-0.39, 0.29) is 5.82 Å². The molecule has 106 valence electrons. The zero-order valence-corrected chi connectivity index (χ0v) is 11.5. The predicted octanol–water partition coefficient (Wildman–Crippen LogP) is 3.36. The number of rotatable bonds is 3. The van der Waals surface area contributed by atoms with Crippen LogP contribution in [0, 0.1) is 12.7 Å². The van der Waals surface area contributed by atoms with E-state index >= 15 is 0 Å². The largest absolute Gasteiger partial charge is 0.399 e. The third kappa shape index (κ3) is 2.76. The predicted molar refractivity (Wildman–Crippen MR) is 78.1 cm³/mol. The lowest BCUT2D eigenvalue weighted by Gasteiger charge is -2.01. The van der Waals surface area contributed by atoms with Crippen LogP contribution in [0.25, 0.3) is 11.5 Å². The van der Waals surface area contributed by atoms with Crippen molar-refractivity contribution in [1.29, 1.82) is 0 Å². The molecule has 0 saturated heterocycles. The minimum atomic E-state index is -0.271. The molecular formula is C16H14FN3O. The quantitative estimate of drug-likeness (QED) is 0.748. The van der Waals surface area contributed by atoms with Crippen LogP contribution in [0.15, 0.2) is 47.0 Å². The van der Waals surface area contributed by atoms with Crippen LogP contribution in [0.2, 0.25) is 0 Å². The van der Waals surface area contributed by atoms with Gasteiger partial charge in [0, 0.05) is 17.7 Å². The highest BCUT2D eigenvalue weighted by molar-refractivity contribution is 5.62. The Morgan fingerprint density at radius 2 is 2.00 bits per heavy atom. The lowest BCUT2D eigenvalue weighted by molar-refractivity contribution is 0.423. The molecule has 0 atom stereocenters. The Labute approximate surface area is 121 Å². The Balaban J connectivity index is 1.88. The van der Waals surface area contributed by atoms with Gasteiger partial charge in [-0.2, -0.15) is 4.98 Å². The summed E-state index contributed by atoms with van der Waals surface area (Å²) in [6, 6.07) is 12.0. The van der Waals surface area contributed by atoms with Crippen LogP contribution in [0.4, 0.5) is 10.1 Å². The van der Waals surface area contributed by atoms with Gasteiger partial charge in [0.15, 0.2) is 5.82 Å². The SMILES string of the molecule is Cc1cc(N)ccc1-c1nc(Cc2ccccc2F)no1. The van der Waals surface area contributed by atoms with Crippen LogP contribution in [0.3, 0.4) is 0 Å². The van der Waals surface area contributed by atoms with Crippen LogP contribution >= 0.6 is 0 Å². The van der Waals surface area contributed by atoms with E-state index in [0.717, 1.165) is 11.1 Å². The minimum Gasteiger partial charge on any atom is -0.399 e. The molecule has 0 fully saturated rings. The van der Waals surface area contributed by atoms with Crippen molar-refractivity contribution in [2.45, 2.75) is 13.3 Å². The fourth-order valence-electron chi connectivity index (χ4n) is 2.17. The molecule has 0 unspecified atom stereocenters. The lowest BCUT2D eigenvalue weighted by atomic mass is 10.1. The summed E-state index contributed by atoms with van der Waals surface area (Å²) in [7, 11) is 0.